The largest absolute Gasteiger partial charge is 0.347 e. The maximum Gasteiger partial charge on any atom is 0.270 e. The van der Waals surface area contributed by atoms with E-state index in [2.05, 4.69) is 10.1 Å². The van der Waals surface area contributed by atoms with Gasteiger partial charge in [-0.3, -0.25) is 9.59 Å². The van der Waals surface area contributed by atoms with E-state index >= 15 is 0 Å². The van der Waals surface area contributed by atoms with Crippen LogP contribution in [-0.2, 0) is 18.3 Å². The molecular weight excluding hydrogens is 346 g/mol. The maximum absolute atomic E-state index is 12.7. The van der Waals surface area contributed by atoms with Crippen LogP contribution in [0.5, 0.6) is 0 Å². The van der Waals surface area contributed by atoms with E-state index in [-0.39, 0.29) is 23.8 Å². The molecule has 2 aromatic heterocycles. The van der Waals surface area contributed by atoms with Crippen molar-refractivity contribution in [2.24, 2.45) is 7.05 Å². The number of aromatic nitrogens is 3. The molecule has 146 valence electrons. The van der Waals surface area contributed by atoms with Crippen LogP contribution in [0.2, 0.25) is 0 Å². The van der Waals surface area contributed by atoms with Crippen LogP contribution < -0.4 is 0 Å². The molecule has 1 aliphatic rings. The predicted molar refractivity (Wildman–Crippen MR) is 99.2 cm³/mol. The Morgan fingerprint density at radius 1 is 1.41 bits per heavy atom. The molecule has 0 bridgehead atoms. The Bertz CT molecular complexity index is 810. The van der Waals surface area contributed by atoms with Gasteiger partial charge in [-0.25, -0.2) is 0 Å². The topological polar surface area (TPSA) is 84.5 Å². The first-order valence-electron chi connectivity index (χ1n) is 9.37. The van der Waals surface area contributed by atoms with Crippen molar-refractivity contribution in [3.05, 3.63) is 35.7 Å². The fourth-order valence-corrected chi connectivity index (χ4v) is 3.45. The average molecular weight is 373 g/mol. The summed E-state index contributed by atoms with van der Waals surface area (Å²) in [6.45, 7) is 7.28. The van der Waals surface area contributed by atoms with Gasteiger partial charge in [0.05, 0.1) is 6.04 Å². The van der Waals surface area contributed by atoms with Gasteiger partial charge >= 0.3 is 0 Å². The second-order valence-corrected chi connectivity index (χ2v) is 7.36. The van der Waals surface area contributed by atoms with E-state index in [9.17, 15) is 9.59 Å². The van der Waals surface area contributed by atoms with E-state index in [1.165, 1.54) is 0 Å². The van der Waals surface area contributed by atoms with E-state index in [0.717, 1.165) is 6.42 Å². The molecule has 3 rings (SSSR count). The molecule has 0 aromatic carbocycles. The van der Waals surface area contributed by atoms with Crippen LogP contribution in [0.3, 0.4) is 0 Å². The summed E-state index contributed by atoms with van der Waals surface area (Å²) in [5, 5.41) is 3.99. The Labute approximate surface area is 159 Å². The highest BCUT2D eigenvalue weighted by atomic mass is 16.5. The summed E-state index contributed by atoms with van der Waals surface area (Å²) in [7, 11) is 1.86. The van der Waals surface area contributed by atoms with E-state index in [1.54, 1.807) is 6.92 Å². The van der Waals surface area contributed by atoms with E-state index in [0.29, 0.717) is 43.5 Å². The van der Waals surface area contributed by atoms with Crippen LogP contribution in [0.4, 0.5) is 0 Å². The summed E-state index contributed by atoms with van der Waals surface area (Å²) < 4.78 is 7.05. The summed E-state index contributed by atoms with van der Waals surface area (Å²) in [4.78, 5) is 32.9. The van der Waals surface area contributed by atoms with Gasteiger partial charge in [0, 0.05) is 52.1 Å². The summed E-state index contributed by atoms with van der Waals surface area (Å²) in [6, 6.07) is 3.70. The molecule has 27 heavy (non-hydrogen) atoms. The minimum Gasteiger partial charge on any atom is -0.347 e. The number of amides is 2. The number of carbonyl (C=O) groups is 2. The molecule has 1 atom stereocenters. The minimum absolute atomic E-state index is 0.000689. The molecule has 8 nitrogen and oxygen atoms in total. The van der Waals surface area contributed by atoms with Crippen LogP contribution in [-0.4, -0.2) is 62.0 Å². The van der Waals surface area contributed by atoms with Crippen LogP contribution >= 0.6 is 0 Å². The van der Waals surface area contributed by atoms with Crippen LogP contribution in [0.25, 0.3) is 0 Å². The van der Waals surface area contributed by atoms with Gasteiger partial charge in [-0.05, 0) is 18.6 Å². The van der Waals surface area contributed by atoms with Crippen LogP contribution in [0.1, 0.15) is 55.3 Å². The molecule has 8 heteroatoms. The zero-order chi connectivity index (χ0) is 19.6. The summed E-state index contributed by atoms with van der Waals surface area (Å²) in [5.74, 6) is 1.41. The Morgan fingerprint density at radius 2 is 2.19 bits per heavy atom. The third kappa shape index (κ3) is 4.20. The highest BCUT2D eigenvalue weighted by Gasteiger charge is 2.32. The minimum atomic E-state index is 0.000689. The van der Waals surface area contributed by atoms with E-state index < -0.39 is 0 Å². The zero-order valence-electron chi connectivity index (χ0n) is 16.4. The van der Waals surface area contributed by atoms with Crippen molar-refractivity contribution in [1.29, 1.82) is 0 Å². The lowest BCUT2D eigenvalue weighted by Crippen LogP contribution is -2.43. The van der Waals surface area contributed by atoms with Crippen molar-refractivity contribution in [3.8, 4) is 0 Å². The number of likely N-dealkylation sites (tertiary alicyclic amines) is 1. The first-order valence-corrected chi connectivity index (χ1v) is 9.37. The van der Waals surface area contributed by atoms with Crippen LogP contribution in [0.15, 0.2) is 22.9 Å². The van der Waals surface area contributed by atoms with E-state index in [4.69, 9.17) is 4.52 Å². The molecule has 1 fully saturated rings. The maximum atomic E-state index is 12.7. The second-order valence-electron chi connectivity index (χ2n) is 7.36. The molecule has 0 spiro atoms. The number of aryl methyl sites for hydroxylation is 1. The zero-order valence-corrected chi connectivity index (χ0v) is 16.4. The van der Waals surface area contributed by atoms with Crippen molar-refractivity contribution in [2.75, 3.05) is 19.6 Å². The molecule has 1 saturated heterocycles. The van der Waals surface area contributed by atoms with E-state index in [1.807, 2.05) is 53.6 Å². The number of hydrogen-bond acceptors (Lipinski definition) is 5. The van der Waals surface area contributed by atoms with Gasteiger partial charge < -0.3 is 18.9 Å². The van der Waals surface area contributed by atoms with Gasteiger partial charge in [-0.2, -0.15) is 4.98 Å². The smallest absolute Gasteiger partial charge is 0.270 e. The molecule has 0 radical (unpaired) electrons. The highest BCUT2D eigenvalue weighted by Crippen LogP contribution is 2.19. The third-order valence-corrected chi connectivity index (χ3v) is 5.01. The van der Waals surface area contributed by atoms with Crippen molar-refractivity contribution in [3.63, 3.8) is 0 Å². The molecule has 1 aliphatic heterocycles. The Kier molecular flexibility index (Phi) is 5.62. The van der Waals surface area contributed by atoms with Gasteiger partial charge in [0.1, 0.15) is 5.69 Å². The fourth-order valence-electron chi connectivity index (χ4n) is 3.45. The number of nitrogens with zero attached hydrogens (tertiary/aromatic N) is 5. The van der Waals surface area contributed by atoms with Gasteiger partial charge in [0.15, 0.2) is 5.82 Å². The standard InChI is InChI=1S/C19H27N5O3/c1-13(2)18-20-17(21-27-18)8-11-24(14(3)25)15-7-10-23(12-15)19(26)16-6-5-9-22(16)4/h5-6,9,13,15H,7-8,10-12H2,1-4H3. The van der Waals surface area contributed by atoms with Crippen molar-refractivity contribution in [1.82, 2.24) is 24.5 Å². The molecular formula is C19H27N5O3. The predicted octanol–water partition coefficient (Wildman–Crippen LogP) is 1.84. The number of rotatable bonds is 6. The first-order chi connectivity index (χ1) is 12.9. The van der Waals surface area contributed by atoms with Crippen molar-refractivity contribution < 1.29 is 14.1 Å². The lowest BCUT2D eigenvalue weighted by molar-refractivity contribution is -0.130. The van der Waals surface area contributed by atoms with Gasteiger partial charge in [0.25, 0.3) is 5.91 Å². The van der Waals surface area contributed by atoms with Crippen molar-refractivity contribution in [2.45, 2.75) is 45.6 Å². The number of hydrogen-bond donors (Lipinski definition) is 0. The molecule has 0 aliphatic carbocycles. The second kappa shape index (κ2) is 7.94. The van der Waals surface area contributed by atoms with Crippen molar-refractivity contribution >= 4 is 11.8 Å². The molecule has 2 aromatic rings. The quantitative estimate of drug-likeness (QED) is 0.771. The molecule has 0 saturated carbocycles. The van der Waals surface area contributed by atoms with Gasteiger partial charge in [-0.1, -0.05) is 19.0 Å². The Hall–Kier alpha value is -2.64. The van der Waals surface area contributed by atoms with Crippen LogP contribution in [0, 0.1) is 0 Å². The summed E-state index contributed by atoms with van der Waals surface area (Å²) in [5.41, 5.74) is 0.665. The monoisotopic (exact) mass is 373 g/mol. The number of carbonyl (C=O) groups excluding carboxylic acids is 2. The summed E-state index contributed by atoms with van der Waals surface area (Å²) in [6.07, 6.45) is 3.18. The molecule has 3 heterocycles. The molecule has 1 unspecified atom stereocenters. The lowest BCUT2D eigenvalue weighted by Gasteiger charge is -2.27. The average Bonchev–Trinajstić information content (AvgIpc) is 3.34. The molecule has 0 N–H and O–H groups in total. The SMILES string of the molecule is CC(=O)N(CCc1noc(C(C)C)n1)C1CCN(C(=O)c2cccn2C)C1. The Morgan fingerprint density at radius 3 is 2.78 bits per heavy atom. The van der Waals surface area contributed by atoms with Gasteiger partial charge in [-0.15, -0.1) is 0 Å². The third-order valence-electron chi connectivity index (χ3n) is 5.01. The normalized spacial score (nSPS) is 16.9. The van der Waals surface area contributed by atoms with Gasteiger partial charge in [0.2, 0.25) is 11.8 Å². The summed E-state index contributed by atoms with van der Waals surface area (Å²) >= 11 is 0. The molecule has 2 amide bonds. The fraction of sp³-hybridized carbons (Fsp3) is 0.579. The first kappa shape index (κ1) is 19.1. The highest BCUT2D eigenvalue weighted by molar-refractivity contribution is 5.93. The Balaban J connectivity index is 1.61. The lowest BCUT2D eigenvalue weighted by atomic mass is 10.2.